The van der Waals surface area contributed by atoms with Gasteiger partial charge in [-0.3, -0.25) is 4.79 Å². The number of carbonyl (C=O) groups is 1. The van der Waals surface area contributed by atoms with Gasteiger partial charge in [0.15, 0.2) is 5.65 Å². The molecule has 1 amide bonds. The number of nitrogens with zero attached hydrogens (tertiary/aromatic N) is 6. The topological polar surface area (TPSA) is 135 Å². The Morgan fingerprint density at radius 3 is 2.74 bits per heavy atom. The first-order valence-electron chi connectivity index (χ1n) is 13.7. The van der Waals surface area contributed by atoms with Crippen LogP contribution >= 0.6 is 12.4 Å². The minimum absolute atomic E-state index is 0. The van der Waals surface area contributed by atoms with Crippen LogP contribution in [0.2, 0.25) is 0 Å². The molecule has 0 bridgehead atoms. The second-order valence-corrected chi connectivity index (χ2v) is 10.2. The maximum absolute atomic E-state index is 15.5. The number of fused-ring (bicyclic) bond motifs is 1. The van der Waals surface area contributed by atoms with Crippen LogP contribution in [-0.2, 0) is 11.3 Å². The van der Waals surface area contributed by atoms with E-state index >= 15 is 4.39 Å². The summed E-state index contributed by atoms with van der Waals surface area (Å²) in [6, 6.07) is 15.6. The Morgan fingerprint density at radius 2 is 2.00 bits per heavy atom. The number of hydrogen-bond acceptors (Lipinski definition) is 8. The van der Waals surface area contributed by atoms with E-state index in [1.54, 1.807) is 39.9 Å². The van der Waals surface area contributed by atoms with E-state index in [1.807, 2.05) is 18.2 Å². The Morgan fingerprint density at radius 1 is 1.17 bits per heavy atom. The largest absolute Gasteiger partial charge is 0.457 e. The highest BCUT2D eigenvalue weighted by atomic mass is 35.5. The molecule has 2 aromatic carbocycles. The van der Waals surface area contributed by atoms with Gasteiger partial charge in [0.05, 0.1) is 18.0 Å². The van der Waals surface area contributed by atoms with Crippen LogP contribution in [0, 0.1) is 17.1 Å². The predicted octanol–water partition coefficient (Wildman–Crippen LogP) is 4.62. The van der Waals surface area contributed by atoms with Gasteiger partial charge in [0.1, 0.15) is 46.8 Å². The quantitative estimate of drug-likeness (QED) is 0.236. The maximum atomic E-state index is 15.5. The molecule has 0 aliphatic carbocycles. The number of para-hydroxylation sites is 1. The fourth-order valence-corrected chi connectivity index (χ4v) is 5.58. The molecule has 0 spiro atoms. The smallest absolute Gasteiger partial charge is 0.264 e. The summed E-state index contributed by atoms with van der Waals surface area (Å²) in [6.07, 6.45) is 6.55. The van der Waals surface area contributed by atoms with Crippen molar-refractivity contribution in [3.8, 4) is 28.8 Å². The number of aromatic nitrogens is 4. The van der Waals surface area contributed by atoms with Gasteiger partial charge in [-0.1, -0.05) is 18.2 Å². The van der Waals surface area contributed by atoms with Gasteiger partial charge >= 0.3 is 0 Å². The molecule has 0 radical (unpaired) electrons. The average molecular weight is 589 g/mol. The predicted molar refractivity (Wildman–Crippen MR) is 158 cm³/mol. The maximum Gasteiger partial charge on any atom is 0.264 e. The van der Waals surface area contributed by atoms with E-state index in [1.165, 1.54) is 12.4 Å². The highest BCUT2D eigenvalue weighted by Gasteiger charge is 2.33. The van der Waals surface area contributed by atoms with Crippen molar-refractivity contribution >= 4 is 35.2 Å². The third-order valence-electron chi connectivity index (χ3n) is 7.57. The van der Waals surface area contributed by atoms with Gasteiger partial charge in [-0.15, -0.1) is 12.4 Å². The van der Waals surface area contributed by atoms with E-state index in [2.05, 4.69) is 21.4 Å². The number of nitriles is 1. The van der Waals surface area contributed by atoms with Gasteiger partial charge in [-0.25, -0.2) is 19.0 Å². The van der Waals surface area contributed by atoms with Crippen molar-refractivity contribution in [1.82, 2.24) is 30.0 Å². The average Bonchev–Trinajstić information content (AvgIpc) is 3.74. The van der Waals surface area contributed by atoms with Crippen LogP contribution in [0.5, 0.6) is 11.5 Å². The third-order valence-corrected chi connectivity index (χ3v) is 7.57. The number of carbonyl (C=O) groups excluding carboxylic acids is 1. The van der Waals surface area contributed by atoms with Gasteiger partial charge in [0.2, 0.25) is 0 Å². The number of rotatable bonds is 7. The van der Waals surface area contributed by atoms with Gasteiger partial charge in [0.25, 0.3) is 5.91 Å². The zero-order valence-corrected chi connectivity index (χ0v) is 23.6. The van der Waals surface area contributed by atoms with E-state index < -0.39 is 5.82 Å². The summed E-state index contributed by atoms with van der Waals surface area (Å²) < 4.78 is 22.9. The van der Waals surface area contributed by atoms with E-state index in [9.17, 15) is 10.1 Å². The Balaban J connectivity index is 0.00000353. The third kappa shape index (κ3) is 5.77. The number of likely N-dealkylation sites (tertiary alicyclic amines) is 1. The zero-order chi connectivity index (χ0) is 28.3. The molecule has 2 aliphatic rings. The molecule has 2 fully saturated rings. The molecule has 0 unspecified atom stereocenters. The van der Waals surface area contributed by atoms with Crippen LogP contribution in [0.3, 0.4) is 0 Å². The number of nitrogens with two attached hydrogens (primary N) is 1. The van der Waals surface area contributed by atoms with Crippen molar-refractivity contribution in [2.75, 3.05) is 18.8 Å². The van der Waals surface area contributed by atoms with Crippen molar-refractivity contribution < 1.29 is 13.9 Å². The van der Waals surface area contributed by atoms with Gasteiger partial charge in [-0.05, 0) is 62.6 Å². The number of nitrogen functional groups attached to an aromatic ring is 1. The van der Waals surface area contributed by atoms with Crippen molar-refractivity contribution in [2.24, 2.45) is 0 Å². The lowest BCUT2D eigenvalue weighted by Crippen LogP contribution is -2.39. The number of benzene rings is 2. The van der Waals surface area contributed by atoms with Crippen LogP contribution in [0.25, 0.3) is 22.3 Å². The molecule has 2 aromatic heterocycles. The number of hydrogen-bond donors (Lipinski definition) is 2. The molecular weight excluding hydrogens is 559 g/mol. The molecule has 6 rings (SSSR count). The standard InChI is InChI=1S/C30H29FN8O2.ClH/c31-25-15-23(41-22-8-2-1-3-9-22)10-11-24(25)27-26-28(33)35-18-36-29(26)39(37-27)17-21-7-5-13-38(21)30(40)19(16-32)14-20-6-4-12-34-20;/h1-3,8-11,14-15,18,20-21,34H,4-7,12-13,17H2,(H2,33,35,36);1H/t20-,21+;/m0./s1. The summed E-state index contributed by atoms with van der Waals surface area (Å²) in [5.41, 5.74) is 7.38. The first kappa shape index (κ1) is 29.0. The molecular formula is C30H30ClFN8O2. The minimum atomic E-state index is -0.532. The molecule has 3 N–H and O–H groups in total. The minimum Gasteiger partial charge on any atom is -0.457 e. The van der Waals surface area contributed by atoms with Crippen molar-refractivity contribution in [2.45, 2.75) is 44.3 Å². The highest BCUT2D eigenvalue weighted by molar-refractivity contribution is 5.99. The van der Waals surface area contributed by atoms with E-state index in [0.29, 0.717) is 41.3 Å². The molecule has 2 aliphatic heterocycles. The molecule has 12 heteroatoms. The molecule has 4 heterocycles. The zero-order valence-electron chi connectivity index (χ0n) is 22.7. The Labute approximate surface area is 248 Å². The van der Waals surface area contributed by atoms with Crippen LogP contribution in [-0.4, -0.2) is 55.7 Å². The Hall–Kier alpha value is -4.53. The Bertz CT molecular complexity index is 1660. The molecule has 4 aromatic rings. The van der Waals surface area contributed by atoms with Crippen molar-refractivity contribution in [3.63, 3.8) is 0 Å². The van der Waals surface area contributed by atoms with E-state index in [4.69, 9.17) is 15.6 Å². The molecule has 10 nitrogen and oxygen atoms in total. The fraction of sp³-hybridized carbons (Fsp3) is 0.300. The van der Waals surface area contributed by atoms with E-state index in [0.717, 1.165) is 32.2 Å². The van der Waals surface area contributed by atoms with Crippen molar-refractivity contribution in [3.05, 3.63) is 72.3 Å². The van der Waals surface area contributed by atoms with Gasteiger partial charge in [0, 0.05) is 24.2 Å². The number of nitrogens with one attached hydrogen (secondary N) is 1. The first-order valence-corrected chi connectivity index (χ1v) is 13.7. The number of ether oxygens (including phenoxy) is 1. The summed E-state index contributed by atoms with van der Waals surface area (Å²) in [6.45, 7) is 1.74. The highest BCUT2D eigenvalue weighted by Crippen LogP contribution is 2.35. The van der Waals surface area contributed by atoms with Crippen LogP contribution in [0.15, 0.2) is 66.5 Å². The molecule has 0 saturated carbocycles. The molecule has 2 atom stereocenters. The normalized spacial score (nSPS) is 18.6. The SMILES string of the molecule is Cl.N#CC(=C[C@@H]1CCCN1)C(=O)N1CCC[C@@H]1Cn1nc(-c2ccc(Oc3ccccc3)cc2F)c2c(N)ncnc21. The van der Waals surface area contributed by atoms with Crippen molar-refractivity contribution in [1.29, 1.82) is 5.26 Å². The lowest BCUT2D eigenvalue weighted by atomic mass is 10.1. The van der Waals surface area contributed by atoms with Crippen LogP contribution in [0.1, 0.15) is 25.7 Å². The summed E-state index contributed by atoms with van der Waals surface area (Å²) in [4.78, 5) is 23.7. The summed E-state index contributed by atoms with van der Waals surface area (Å²) in [5.74, 6) is 0.305. The summed E-state index contributed by atoms with van der Waals surface area (Å²) >= 11 is 0. The first-order chi connectivity index (χ1) is 20.0. The van der Waals surface area contributed by atoms with Crippen LogP contribution < -0.4 is 15.8 Å². The van der Waals surface area contributed by atoms with Gasteiger partial charge < -0.3 is 20.7 Å². The second-order valence-electron chi connectivity index (χ2n) is 10.2. The number of halogens is 2. The number of amides is 1. The fourth-order valence-electron chi connectivity index (χ4n) is 5.58. The Kier molecular flexibility index (Phi) is 8.66. The van der Waals surface area contributed by atoms with Crippen LogP contribution in [0.4, 0.5) is 10.2 Å². The van der Waals surface area contributed by atoms with E-state index in [-0.39, 0.29) is 47.4 Å². The molecule has 216 valence electrons. The monoisotopic (exact) mass is 588 g/mol. The molecule has 42 heavy (non-hydrogen) atoms. The second kappa shape index (κ2) is 12.5. The lowest BCUT2D eigenvalue weighted by molar-refractivity contribution is -0.127. The lowest BCUT2D eigenvalue weighted by Gasteiger charge is -2.24. The number of anilines is 1. The summed E-state index contributed by atoms with van der Waals surface area (Å²) in [5, 5.41) is 18.2. The molecule has 2 saturated heterocycles. The van der Waals surface area contributed by atoms with Gasteiger partial charge in [-0.2, -0.15) is 10.4 Å². The summed E-state index contributed by atoms with van der Waals surface area (Å²) in [7, 11) is 0.